The summed E-state index contributed by atoms with van der Waals surface area (Å²) in [5, 5.41) is 3.36. The Morgan fingerprint density at radius 1 is 1.38 bits per heavy atom. The smallest absolute Gasteiger partial charge is 0.122 e. The van der Waals surface area contributed by atoms with E-state index in [1.165, 1.54) is 12.0 Å². The van der Waals surface area contributed by atoms with Crippen molar-refractivity contribution in [3.8, 4) is 11.5 Å². The zero-order chi connectivity index (χ0) is 10.8. The van der Waals surface area contributed by atoms with Gasteiger partial charge in [-0.3, -0.25) is 0 Å². The van der Waals surface area contributed by atoms with E-state index in [9.17, 15) is 0 Å². The minimum atomic E-state index is 0.328. The van der Waals surface area contributed by atoms with Gasteiger partial charge in [-0.1, -0.05) is 0 Å². The third kappa shape index (κ3) is 2.00. The molecule has 0 spiro atoms. The average Bonchev–Trinajstić information content (AvgIpc) is 2.77. The van der Waals surface area contributed by atoms with Gasteiger partial charge in [0.25, 0.3) is 0 Å². The number of ether oxygens (including phenoxy) is 2. The second-order valence-electron chi connectivity index (χ2n) is 4.45. The number of hydrogen-bond acceptors (Lipinski definition) is 3. The zero-order valence-corrected chi connectivity index (χ0v) is 9.37. The number of piperidine rings is 1. The van der Waals surface area contributed by atoms with E-state index in [0.29, 0.717) is 6.10 Å². The van der Waals surface area contributed by atoms with Crippen molar-refractivity contribution in [2.24, 2.45) is 0 Å². The molecule has 0 saturated carbocycles. The molecular weight excluding hydrogens is 202 g/mol. The van der Waals surface area contributed by atoms with Crippen molar-refractivity contribution in [3.05, 3.63) is 23.8 Å². The first-order valence-electron chi connectivity index (χ1n) is 6.05. The van der Waals surface area contributed by atoms with Gasteiger partial charge < -0.3 is 14.8 Å². The first-order valence-corrected chi connectivity index (χ1v) is 6.05. The van der Waals surface area contributed by atoms with E-state index >= 15 is 0 Å². The van der Waals surface area contributed by atoms with Crippen molar-refractivity contribution >= 4 is 0 Å². The third-order valence-electron chi connectivity index (χ3n) is 3.22. The fraction of sp³-hybridized carbons (Fsp3) is 0.538. The zero-order valence-electron chi connectivity index (χ0n) is 9.37. The normalized spacial score (nSPS) is 23.6. The summed E-state index contributed by atoms with van der Waals surface area (Å²) in [5.74, 6) is 2.01. The highest BCUT2D eigenvalue weighted by Crippen LogP contribution is 2.29. The van der Waals surface area contributed by atoms with Gasteiger partial charge >= 0.3 is 0 Å². The van der Waals surface area contributed by atoms with Crippen LogP contribution in [0.5, 0.6) is 11.5 Å². The van der Waals surface area contributed by atoms with Crippen LogP contribution < -0.4 is 14.8 Å². The molecular formula is C13H17NO2. The lowest BCUT2D eigenvalue weighted by Gasteiger charge is -2.24. The van der Waals surface area contributed by atoms with Gasteiger partial charge in [0.1, 0.15) is 17.6 Å². The molecule has 1 saturated heterocycles. The summed E-state index contributed by atoms with van der Waals surface area (Å²) in [7, 11) is 0. The molecule has 1 unspecified atom stereocenters. The highest BCUT2D eigenvalue weighted by atomic mass is 16.5. The first-order chi connectivity index (χ1) is 7.92. The maximum Gasteiger partial charge on any atom is 0.122 e. The van der Waals surface area contributed by atoms with E-state index in [0.717, 1.165) is 44.0 Å². The predicted octanol–water partition coefficient (Wildman–Crippen LogP) is 1.75. The van der Waals surface area contributed by atoms with Crippen LogP contribution in [0.15, 0.2) is 18.2 Å². The maximum atomic E-state index is 5.96. The SMILES string of the molecule is c1cc2c(cc1OC1CCCNC1)CCO2. The van der Waals surface area contributed by atoms with Gasteiger partial charge in [0, 0.05) is 18.5 Å². The fourth-order valence-corrected chi connectivity index (χ4v) is 2.35. The summed E-state index contributed by atoms with van der Waals surface area (Å²) in [6, 6.07) is 6.16. The molecule has 3 nitrogen and oxygen atoms in total. The Balaban J connectivity index is 1.69. The highest BCUT2D eigenvalue weighted by molar-refractivity contribution is 5.42. The monoisotopic (exact) mass is 219 g/mol. The third-order valence-corrected chi connectivity index (χ3v) is 3.22. The standard InChI is InChI=1S/C13H17NO2/c1-2-12(9-14-6-1)16-11-3-4-13-10(8-11)5-7-15-13/h3-4,8,12,14H,1-2,5-7,9H2. The topological polar surface area (TPSA) is 30.5 Å². The van der Waals surface area contributed by atoms with Gasteiger partial charge in [0.15, 0.2) is 0 Å². The Labute approximate surface area is 95.8 Å². The lowest BCUT2D eigenvalue weighted by Crippen LogP contribution is -2.37. The van der Waals surface area contributed by atoms with Crippen molar-refractivity contribution in [1.29, 1.82) is 0 Å². The Morgan fingerprint density at radius 3 is 3.25 bits per heavy atom. The van der Waals surface area contributed by atoms with E-state index < -0.39 is 0 Å². The summed E-state index contributed by atoms with van der Waals surface area (Å²) in [5.41, 5.74) is 1.28. The predicted molar refractivity (Wildman–Crippen MR) is 62.2 cm³/mol. The molecule has 0 amide bonds. The molecule has 0 aliphatic carbocycles. The average molecular weight is 219 g/mol. The van der Waals surface area contributed by atoms with Crippen LogP contribution in [0.4, 0.5) is 0 Å². The van der Waals surface area contributed by atoms with Crippen LogP contribution in [0.3, 0.4) is 0 Å². The summed E-state index contributed by atoms with van der Waals surface area (Å²) < 4.78 is 11.4. The molecule has 0 radical (unpaired) electrons. The van der Waals surface area contributed by atoms with Gasteiger partial charge in [-0.25, -0.2) is 0 Å². The van der Waals surface area contributed by atoms with Gasteiger partial charge in [-0.05, 0) is 37.6 Å². The lowest BCUT2D eigenvalue weighted by atomic mass is 10.1. The molecule has 1 aromatic rings. The van der Waals surface area contributed by atoms with Crippen molar-refractivity contribution in [2.45, 2.75) is 25.4 Å². The number of nitrogens with one attached hydrogen (secondary N) is 1. The quantitative estimate of drug-likeness (QED) is 0.822. The van der Waals surface area contributed by atoms with Gasteiger partial charge in [-0.2, -0.15) is 0 Å². The Morgan fingerprint density at radius 2 is 2.38 bits per heavy atom. The van der Waals surface area contributed by atoms with Gasteiger partial charge in [-0.15, -0.1) is 0 Å². The maximum absolute atomic E-state index is 5.96. The molecule has 0 aromatic heterocycles. The van der Waals surface area contributed by atoms with Crippen molar-refractivity contribution < 1.29 is 9.47 Å². The minimum Gasteiger partial charge on any atom is -0.493 e. The Bertz CT molecular complexity index is 372. The van der Waals surface area contributed by atoms with Gasteiger partial charge in [0.2, 0.25) is 0 Å². The largest absolute Gasteiger partial charge is 0.493 e. The summed E-state index contributed by atoms with van der Waals surface area (Å²) >= 11 is 0. The van der Waals surface area contributed by atoms with E-state index in [1.54, 1.807) is 0 Å². The summed E-state index contributed by atoms with van der Waals surface area (Å²) in [4.78, 5) is 0. The van der Waals surface area contributed by atoms with Crippen LogP contribution in [0.1, 0.15) is 18.4 Å². The fourth-order valence-electron chi connectivity index (χ4n) is 2.35. The Hall–Kier alpha value is -1.22. The minimum absolute atomic E-state index is 0.328. The van der Waals surface area contributed by atoms with E-state index in [1.807, 2.05) is 12.1 Å². The first kappa shape index (κ1) is 9.97. The van der Waals surface area contributed by atoms with Crippen LogP contribution >= 0.6 is 0 Å². The molecule has 1 aromatic carbocycles. The van der Waals surface area contributed by atoms with Crippen LogP contribution in [-0.4, -0.2) is 25.8 Å². The van der Waals surface area contributed by atoms with Crippen molar-refractivity contribution in [2.75, 3.05) is 19.7 Å². The molecule has 0 bridgehead atoms. The van der Waals surface area contributed by atoms with Gasteiger partial charge in [0.05, 0.1) is 6.61 Å². The second kappa shape index (κ2) is 4.34. The number of hydrogen-bond donors (Lipinski definition) is 1. The van der Waals surface area contributed by atoms with Crippen LogP contribution in [0, 0.1) is 0 Å². The van der Waals surface area contributed by atoms with E-state index in [2.05, 4.69) is 11.4 Å². The van der Waals surface area contributed by atoms with Crippen LogP contribution in [0.2, 0.25) is 0 Å². The number of rotatable bonds is 2. The van der Waals surface area contributed by atoms with Crippen molar-refractivity contribution in [3.63, 3.8) is 0 Å². The molecule has 1 N–H and O–H groups in total. The van der Waals surface area contributed by atoms with E-state index in [-0.39, 0.29) is 0 Å². The molecule has 16 heavy (non-hydrogen) atoms. The molecule has 2 aliphatic rings. The highest BCUT2D eigenvalue weighted by Gasteiger charge is 2.16. The molecule has 3 heteroatoms. The van der Waals surface area contributed by atoms with E-state index in [4.69, 9.17) is 9.47 Å². The van der Waals surface area contributed by atoms with Crippen LogP contribution in [-0.2, 0) is 6.42 Å². The Kier molecular flexibility index (Phi) is 2.70. The molecule has 1 fully saturated rings. The molecule has 2 aliphatic heterocycles. The molecule has 3 rings (SSSR count). The lowest BCUT2D eigenvalue weighted by molar-refractivity contribution is 0.167. The summed E-state index contributed by atoms with van der Waals surface area (Å²) in [6.07, 6.45) is 3.70. The summed E-state index contributed by atoms with van der Waals surface area (Å²) in [6.45, 7) is 2.90. The molecule has 1 atom stereocenters. The molecule has 2 heterocycles. The second-order valence-corrected chi connectivity index (χ2v) is 4.45. The van der Waals surface area contributed by atoms with Crippen molar-refractivity contribution in [1.82, 2.24) is 5.32 Å². The number of fused-ring (bicyclic) bond motifs is 1. The number of benzene rings is 1. The van der Waals surface area contributed by atoms with Crippen LogP contribution in [0.25, 0.3) is 0 Å². The molecule has 86 valence electrons.